The summed E-state index contributed by atoms with van der Waals surface area (Å²) >= 11 is 0. The van der Waals surface area contributed by atoms with E-state index in [4.69, 9.17) is 5.11 Å². The first-order valence-electron chi connectivity index (χ1n) is 1.42. The van der Waals surface area contributed by atoms with Gasteiger partial charge in [0.15, 0.2) is 0 Å². The number of rotatable bonds is 2. The largest absolute Gasteiger partial charge is 0.480 e. The summed E-state index contributed by atoms with van der Waals surface area (Å²) in [6, 6.07) is 0. The van der Waals surface area contributed by atoms with Crippen molar-refractivity contribution in [2.75, 3.05) is 6.54 Å². The van der Waals surface area contributed by atoms with Gasteiger partial charge in [0.05, 0.1) is 6.54 Å². The van der Waals surface area contributed by atoms with Crippen LogP contribution in [0.4, 0.5) is 0 Å². The molecular formula is C2H6NO2P. The molecule has 0 heterocycles. The van der Waals surface area contributed by atoms with Gasteiger partial charge in [0.2, 0.25) is 0 Å². The number of aliphatic carboxylic acids is 1. The van der Waals surface area contributed by atoms with E-state index in [1.165, 1.54) is 0 Å². The van der Waals surface area contributed by atoms with E-state index < -0.39 is 5.97 Å². The van der Waals surface area contributed by atoms with E-state index in [-0.39, 0.29) is 6.54 Å². The smallest absolute Gasteiger partial charge is 0.317 e. The molecule has 4 heteroatoms. The molecule has 3 nitrogen and oxygen atoms in total. The van der Waals surface area contributed by atoms with Gasteiger partial charge < -0.3 is 5.11 Å². The van der Waals surface area contributed by atoms with Gasteiger partial charge in [-0.05, 0) is 0 Å². The van der Waals surface area contributed by atoms with Gasteiger partial charge in [0, 0.05) is 0 Å². The number of carboxylic acid groups (broad SMARTS) is 1. The van der Waals surface area contributed by atoms with Crippen LogP contribution in [0.3, 0.4) is 0 Å². The lowest BCUT2D eigenvalue weighted by molar-refractivity contribution is -0.135. The number of nitrogens with one attached hydrogen (secondary N) is 1. The molecule has 0 aliphatic carbocycles. The molecule has 0 saturated carbocycles. The lowest BCUT2D eigenvalue weighted by Gasteiger charge is -1.83. The third kappa shape index (κ3) is 3.86. The molecular weight excluding hydrogens is 101 g/mol. The molecule has 0 bridgehead atoms. The monoisotopic (exact) mass is 107 g/mol. The quantitative estimate of drug-likeness (QED) is 0.465. The fraction of sp³-hybridized carbons (Fsp3) is 0.500. The minimum absolute atomic E-state index is 0.00463. The first-order chi connectivity index (χ1) is 2.77. The van der Waals surface area contributed by atoms with Gasteiger partial charge in [-0.25, -0.2) is 0 Å². The summed E-state index contributed by atoms with van der Waals surface area (Å²) in [7, 11) is 2.09. The molecule has 0 saturated heterocycles. The fourth-order valence-corrected chi connectivity index (χ4v) is 0.262. The zero-order valence-corrected chi connectivity index (χ0v) is 4.29. The van der Waals surface area contributed by atoms with Crippen LogP contribution in [0.1, 0.15) is 0 Å². The van der Waals surface area contributed by atoms with Gasteiger partial charge >= 0.3 is 5.97 Å². The van der Waals surface area contributed by atoms with Crippen LogP contribution in [0.2, 0.25) is 0 Å². The summed E-state index contributed by atoms with van der Waals surface area (Å²) in [5, 5.41) is 10.2. The van der Waals surface area contributed by atoms with Crippen LogP contribution in [0.15, 0.2) is 0 Å². The van der Waals surface area contributed by atoms with Crippen molar-refractivity contribution in [2.45, 2.75) is 0 Å². The Morgan fingerprint density at radius 1 is 2.00 bits per heavy atom. The number of hydrogen-bond donors (Lipinski definition) is 2. The zero-order chi connectivity index (χ0) is 4.99. The van der Waals surface area contributed by atoms with Crippen molar-refractivity contribution in [2.24, 2.45) is 0 Å². The third-order valence-corrected chi connectivity index (χ3v) is 0.457. The van der Waals surface area contributed by atoms with E-state index in [0.717, 1.165) is 0 Å². The Hall–Kier alpha value is -0.140. The molecule has 6 heavy (non-hydrogen) atoms. The fourth-order valence-electron chi connectivity index (χ4n) is 0.0873. The Labute approximate surface area is 38.0 Å². The van der Waals surface area contributed by atoms with E-state index in [1.807, 2.05) is 0 Å². The Balaban J connectivity index is 2.83. The standard InChI is InChI=1S/C2H6NO2P/c4-2(5)1-3-6/h3H,1,6H2,(H,4,5). The minimum Gasteiger partial charge on any atom is -0.480 e. The second kappa shape index (κ2) is 3.07. The van der Waals surface area contributed by atoms with Crippen LogP contribution in [-0.2, 0) is 4.79 Å². The van der Waals surface area contributed by atoms with E-state index in [9.17, 15) is 4.79 Å². The van der Waals surface area contributed by atoms with Crippen LogP contribution >= 0.6 is 9.39 Å². The van der Waals surface area contributed by atoms with Gasteiger partial charge in [-0.3, -0.25) is 9.88 Å². The van der Waals surface area contributed by atoms with Crippen molar-refractivity contribution in [3.63, 3.8) is 0 Å². The highest BCUT2D eigenvalue weighted by atomic mass is 31.0. The molecule has 0 aromatic heterocycles. The second-order valence-electron chi connectivity index (χ2n) is 0.775. The predicted octanol–water partition coefficient (Wildman–Crippen LogP) is -0.549. The topological polar surface area (TPSA) is 49.3 Å². The summed E-state index contributed by atoms with van der Waals surface area (Å²) in [4.78, 5) is 9.52. The first kappa shape index (κ1) is 5.86. The van der Waals surface area contributed by atoms with Crippen molar-refractivity contribution in [1.29, 1.82) is 0 Å². The van der Waals surface area contributed by atoms with Gasteiger partial charge in [-0.2, -0.15) is 0 Å². The Bertz CT molecular complexity index is 55.5. The maximum atomic E-state index is 9.52. The highest BCUT2D eigenvalue weighted by Crippen LogP contribution is 1.64. The van der Waals surface area contributed by atoms with Crippen LogP contribution in [0.25, 0.3) is 0 Å². The van der Waals surface area contributed by atoms with E-state index in [0.29, 0.717) is 0 Å². The molecule has 0 amide bonds. The third-order valence-electron chi connectivity index (χ3n) is 0.253. The lowest BCUT2D eigenvalue weighted by Crippen LogP contribution is -2.11. The van der Waals surface area contributed by atoms with E-state index >= 15 is 0 Å². The average Bonchev–Trinajstić information content (AvgIpc) is 1.35. The van der Waals surface area contributed by atoms with Crippen molar-refractivity contribution in [3.05, 3.63) is 0 Å². The van der Waals surface area contributed by atoms with Crippen LogP contribution in [0, 0.1) is 0 Å². The molecule has 0 aromatic carbocycles. The number of carbonyl (C=O) groups is 1. The minimum atomic E-state index is -0.843. The Kier molecular flexibility index (Phi) is 2.99. The Morgan fingerprint density at radius 2 is 2.50 bits per heavy atom. The Morgan fingerprint density at radius 3 is 2.50 bits per heavy atom. The molecule has 0 radical (unpaired) electrons. The van der Waals surface area contributed by atoms with Crippen LogP contribution < -0.4 is 5.09 Å². The number of carboxylic acids is 1. The SMILES string of the molecule is O=C(O)CNP. The van der Waals surface area contributed by atoms with Crippen molar-refractivity contribution in [1.82, 2.24) is 5.09 Å². The normalized spacial score (nSPS) is 8.17. The van der Waals surface area contributed by atoms with Crippen molar-refractivity contribution >= 4 is 15.4 Å². The highest BCUT2D eigenvalue weighted by Gasteiger charge is 1.86. The van der Waals surface area contributed by atoms with Crippen LogP contribution in [0.5, 0.6) is 0 Å². The molecule has 0 rings (SSSR count). The average molecular weight is 107 g/mol. The zero-order valence-electron chi connectivity index (χ0n) is 3.14. The molecule has 0 aliphatic rings. The summed E-state index contributed by atoms with van der Waals surface area (Å²) < 4.78 is 0. The maximum absolute atomic E-state index is 9.52. The lowest BCUT2D eigenvalue weighted by atomic mass is 10.7. The summed E-state index contributed by atoms with van der Waals surface area (Å²) in [5.74, 6) is -0.843. The molecule has 0 aromatic rings. The molecule has 0 aliphatic heterocycles. The maximum Gasteiger partial charge on any atom is 0.317 e. The molecule has 0 fully saturated rings. The summed E-state index contributed by atoms with van der Waals surface area (Å²) in [6.07, 6.45) is 0. The van der Waals surface area contributed by atoms with Gasteiger partial charge in [-0.1, -0.05) is 9.39 Å². The summed E-state index contributed by atoms with van der Waals surface area (Å²) in [6.45, 7) is 0.00463. The van der Waals surface area contributed by atoms with E-state index in [2.05, 4.69) is 14.5 Å². The highest BCUT2D eigenvalue weighted by molar-refractivity contribution is 7.13. The van der Waals surface area contributed by atoms with Crippen LogP contribution in [-0.4, -0.2) is 17.6 Å². The summed E-state index contributed by atoms with van der Waals surface area (Å²) in [5.41, 5.74) is 0. The van der Waals surface area contributed by atoms with Crippen molar-refractivity contribution in [3.8, 4) is 0 Å². The van der Waals surface area contributed by atoms with Gasteiger partial charge in [-0.15, -0.1) is 0 Å². The number of hydrogen-bond acceptors (Lipinski definition) is 2. The second-order valence-corrected chi connectivity index (χ2v) is 1.18. The predicted molar refractivity (Wildman–Crippen MR) is 25.3 cm³/mol. The molecule has 2 N–H and O–H groups in total. The first-order valence-corrected chi connectivity index (χ1v) is 2.00. The van der Waals surface area contributed by atoms with Gasteiger partial charge in [0.25, 0.3) is 0 Å². The van der Waals surface area contributed by atoms with Crippen molar-refractivity contribution < 1.29 is 9.90 Å². The van der Waals surface area contributed by atoms with E-state index in [1.54, 1.807) is 0 Å². The molecule has 0 spiro atoms. The molecule has 36 valence electrons. The van der Waals surface area contributed by atoms with Gasteiger partial charge in [0.1, 0.15) is 0 Å². The molecule has 1 atom stereocenters. The molecule has 1 unspecified atom stereocenters.